The number of anilines is 1. The first-order chi connectivity index (χ1) is 10.2. The first-order valence-corrected chi connectivity index (χ1v) is 6.74. The maximum Gasteiger partial charge on any atom is 0.141 e. The van der Waals surface area contributed by atoms with Gasteiger partial charge in [0.2, 0.25) is 0 Å². The quantitative estimate of drug-likeness (QED) is 0.825. The molecule has 0 saturated heterocycles. The van der Waals surface area contributed by atoms with E-state index in [9.17, 15) is 0 Å². The molecule has 108 valence electrons. The van der Waals surface area contributed by atoms with E-state index in [1.54, 1.807) is 31.4 Å². The molecular weight excluding hydrogens is 264 g/mol. The molecule has 0 aliphatic carbocycles. The normalized spacial score (nSPS) is 9.76. The van der Waals surface area contributed by atoms with Gasteiger partial charge in [-0.1, -0.05) is 6.07 Å². The monoisotopic (exact) mass is 282 g/mol. The number of rotatable bonds is 6. The second-order valence-corrected chi connectivity index (χ2v) is 4.62. The van der Waals surface area contributed by atoms with Gasteiger partial charge in [0.25, 0.3) is 0 Å². The smallest absolute Gasteiger partial charge is 0.141 e. The van der Waals surface area contributed by atoms with Gasteiger partial charge in [-0.3, -0.25) is 0 Å². The molecule has 2 rings (SSSR count). The van der Waals surface area contributed by atoms with Crippen molar-refractivity contribution in [3.8, 4) is 17.6 Å². The Hall–Kier alpha value is -2.67. The van der Waals surface area contributed by atoms with Crippen LogP contribution in [0.1, 0.15) is 11.1 Å². The van der Waals surface area contributed by atoms with Crippen molar-refractivity contribution < 1.29 is 9.47 Å². The lowest BCUT2D eigenvalue weighted by Crippen LogP contribution is -2.12. The molecule has 0 bridgehead atoms. The molecule has 21 heavy (non-hydrogen) atoms. The number of nitrogens with one attached hydrogen (secondary N) is 1. The van der Waals surface area contributed by atoms with Crippen LogP contribution in [0.5, 0.6) is 11.5 Å². The Morgan fingerprint density at radius 1 is 1.14 bits per heavy atom. The number of benzene rings is 2. The Morgan fingerprint density at radius 2 is 1.90 bits per heavy atom. The fourth-order valence-corrected chi connectivity index (χ4v) is 1.94. The van der Waals surface area contributed by atoms with Crippen molar-refractivity contribution in [3.63, 3.8) is 0 Å². The average molecular weight is 282 g/mol. The van der Waals surface area contributed by atoms with E-state index in [2.05, 4.69) is 11.4 Å². The summed E-state index contributed by atoms with van der Waals surface area (Å²) in [5.74, 6) is 1.57. The number of aryl methyl sites for hydroxylation is 1. The second kappa shape index (κ2) is 7.20. The molecular formula is C17H18N2O2. The molecule has 0 unspecified atom stereocenters. The Kier molecular flexibility index (Phi) is 5.05. The number of methoxy groups -OCH3 is 1. The number of nitriles is 1. The van der Waals surface area contributed by atoms with Crippen LogP contribution in [-0.4, -0.2) is 20.3 Å². The summed E-state index contributed by atoms with van der Waals surface area (Å²) in [5.41, 5.74) is 2.76. The lowest BCUT2D eigenvalue weighted by atomic mass is 10.2. The van der Waals surface area contributed by atoms with E-state index in [0.717, 1.165) is 17.2 Å². The summed E-state index contributed by atoms with van der Waals surface area (Å²) in [7, 11) is 1.66. The summed E-state index contributed by atoms with van der Waals surface area (Å²) in [6.07, 6.45) is 0. The molecule has 0 aliphatic rings. The van der Waals surface area contributed by atoms with E-state index < -0.39 is 0 Å². The molecule has 0 aromatic heterocycles. The minimum atomic E-state index is 0.531. The number of hydrogen-bond donors (Lipinski definition) is 1. The Labute approximate surface area is 124 Å². The zero-order valence-electron chi connectivity index (χ0n) is 12.2. The van der Waals surface area contributed by atoms with E-state index in [-0.39, 0.29) is 0 Å². The first kappa shape index (κ1) is 14.7. The van der Waals surface area contributed by atoms with Gasteiger partial charge in [0.15, 0.2) is 0 Å². The Balaban J connectivity index is 1.84. The van der Waals surface area contributed by atoms with Crippen LogP contribution in [0.2, 0.25) is 0 Å². The highest BCUT2D eigenvalue weighted by Gasteiger charge is 2.02. The van der Waals surface area contributed by atoms with Crippen molar-refractivity contribution in [2.45, 2.75) is 6.92 Å². The van der Waals surface area contributed by atoms with Gasteiger partial charge in [-0.15, -0.1) is 0 Å². The van der Waals surface area contributed by atoms with Gasteiger partial charge in [0.1, 0.15) is 18.1 Å². The third-order valence-electron chi connectivity index (χ3n) is 3.02. The predicted octanol–water partition coefficient (Wildman–Crippen LogP) is 3.37. The molecule has 0 radical (unpaired) electrons. The lowest BCUT2D eigenvalue weighted by molar-refractivity contribution is 0.332. The third-order valence-corrected chi connectivity index (χ3v) is 3.02. The minimum Gasteiger partial charge on any atom is -0.495 e. The van der Waals surface area contributed by atoms with Crippen LogP contribution < -0.4 is 14.8 Å². The second-order valence-electron chi connectivity index (χ2n) is 4.62. The van der Waals surface area contributed by atoms with Crippen LogP contribution in [0.4, 0.5) is 5.69 Å². The molecule has 0 heterocycles. The fraction of sp³-hybridized carbons (Fsp3) is 0.235. The van der Waals surface area contributed by atoms with Gasteiger partial charge < -0.3 is 14.8 Å². The third kappa shape index (κ3) is 4.15. The molecule has 0 spiro atoms. The van der Waals surface area contributed by atoms with Crippen molar-refractivity contribution in [2.75, 3.05) is 25.6 Å². The summed E-state index contributed by atoms with van der Waals surface area (Å²) >= 11 is 0. The summed E-state index contributed by atoms with van der Waals surface area (Å²) in [4.78, 5) is 0. The highest BCUT2D eigenvalue weighted by molar-refractivity contribution is 5.57. The molecule has 4 nitrogen and oxygen atoms in total. The molecule has 0 aliphatic heterocycles. The molecule has 0 saturated carbocycles. The van der Waals surface area contributed by atoms with Crippen LogP contribution in [0.25, 0.3) is 0 Å². The van der Waals surface area contributed by atoms with Crippen molar-refractivity contribution >= 4 is 5.69 Å². The highest BCUT2D eigenvalue weighted by Crippen LogP contribution is 2.24. The van der Waals surface area contributed by atoms with Crippen LogP contribution in [0.3, 0.4) is 0 Å². The van der Waals surface area contributed by atoms with Crippen LogP contribution in [-0.2, 0) is 0 Å². The van der Waals surface area contributed by atoms with Gasteiger partial charge in [-0.05, 0) is 48.9 Å². The minimum absolute atomic E-state index is 0.531. The summed E-state index contributed by atoms with van der Waals surface area (Å²) < 4.78 is 10.9. The van der Waals surface area contributed by atoms with Crippen molar-refractivity contribution in [2.24, 2.45) is 0 Å². The standard InChI is InChI=1S/C17H18N2O2/c1-13-3-8-17(20-2)16(11-13)19-9-10-21-15-6-4-14(12-18)5-7-15/h3-8,11,19H,9-10H2,1-2H3. The van der Waals surface area contributed by atoms with Crippen LogP contribution >= 0.6 is 0 Å². The lowest BCUT2D eigenvalue weighted by Gasteiger charge is -2.12. The first-order valence-electron chi connectivity index (χ1n) is 6.74. The Bertz CT molecular complexity index is 630. The molecule has 0 amide bonds. The summed E-state index contributed by atoms with van der Waals surface area (Å²) in [6.45, 7) is 3.24. The van der Waals surface area contributed by atoms with Crippen molar-refractivity contribution in [1.29, 1.82) is 5.26 Å². The zero-order chi connectivity index (χ0) is 15.1. The fourth-order valence-electron chi connectivity index (χ4n) is 1.94. The van der Waals surface area contributed by atoms with Crippen molar-refractivity contribution in [3.05, 3.63) is 53.6 Å². The highest BCUT2D eigenvalue weighted by atomic mass is 16.5. The van der Waals surface area contributed by atoms with Crippen LogP contribution in [0, 0.1) is 18.3 Å². The molecule has 4 heteroatoms. The van der Waals surface area contributed by atoms with E-state index in [1.807, 2.05) is 25.1 Å². The van der Waals surface area contributed by atoms with Gasteiger partial charge in [0, 0.05) is 6.54 Å². The van der Waals surface area contributed by atoms with E-state index in [1.165, 1.54) is 5.56 Å². The molecule has 2 aromatic rings. The Morgan fingerprint density at radius 3 is 2.57 bits per heavy atom. The van der Waals surface area contributed by atoms with E-state index >= 15 is 0 Å². The predicted molar refractivity (Wildman–Crippen MR) is 82.9 cm³/mol. The summed E-state index contributed by atoms with van der Waals surface area (Å²) in [5, 5.41) is 12.0. The number of ether oxygens (including phenoxy) is 2. The van der Waals surface area contributed by atoms with Gasteiger partial charge in [-0.25, -0.2) is 0 Å². The summed E-state index contributed by atoms with van der Waals surface area (Å²) in [6, 6.07) is 15.2. The molecule has 2 aromatic carbocycles. The zero-order valence-corrected chi connectivity index (χ0v) is 12.2. The largest absolute Gasteiger partial charge is 0.495 e. The van der Waals surface area contributed by atoms with E-state index in [0.29, 0.717) is 18.7 Å². The average Bonchev–Trinajstić information content (AvgIpc) is 2.52. The molecule has 1 N–H and O–H groups in total. The van der Waals surface area contributed by atoms with Crippen molar-refractivity contribution in [1.82, 2.24) is 0 Å². The maximum absolute atomic E-state index is 8.73. The SMILES string of the molecule is COc1ccc(C)cc1NCCOc1ccc(C#N)cc1. The topological polar surface area (TPSA) is 54.3 Å². The number of hydrogen-bond acceptors (Lipinski definition) is 4. The van der Waals surface area contributed by atoms with Gasteiger partial charge in [-0.2, -0.15) is 5.26 Å². The van der Waals surface area contributed by atoms with Gasteiger partial charge in [0.05, 0.1) is 24.4 Å². The molecule has 0 fully saturated rings. The van der Waals surface area contributed by atoms with E-state index in [4.69, 9.17) is 14.7 Å². The van der Waals surface area contributed by atoms with Crippen LogP contribution in [0.15, 0.2) is 42.5 Å². The number of nitrogens with zero attached hydrogens (tertiary/aromatic N) is 1. The molecule has 0 atom stereocenters. The maximum atomic E-state index is 8.73. The van der Waals surface area contributed by atoms with Gasteiger partial charge >= 0.3 is 0 Å².